The monoisotopic (exact) mass is 282 g/mol. The van der Waals surface area contributed by atoms with Crippen molar-refractivity contribution in [2.24, 2.45) is 5.73 Å². The highest BCUT2D eigenvalue weighted by Gasteiger charge is 2.32. The molecule has 2 N–H and O–H groups in total. The van der Waals surface area contributed by atoms with Crippen molar-refractivity contribution in [1.29, 1.82) is 0 Å². The fourth-order valence-corrected chi connectivity index (χ4v) is 3.09. The summed E-state index contributed by atoms with van der Waals surface area (Å²) >= 11 is 6.42. The SMILES string of the molecule is CC1CN(c2ccc(CCN)cc2Cl)CC(C)(C)O1. The summed E-state index contributed by atoms with van der Waals surface area (Å²) in [5.41, 5.74) is 7.71. The first-order valence-electron chi connectivity index (χ1n) is 6.82. The van der Waals surface area contributed by atoms with Crippen LogP contribution in [-0.2, 0) is 11.2 Å². The third-order valence-electron chi connectivity index (χ3n) is 3.36. The minimum absolute atomic E-state index is 0.142. The Hall–Kier alpha value is -0.770. The number of ether oxygens (including phenoxy) is 1. The molecule has 1 aromatic carbocycles. The number of nitrogens with zero attached hydrogens (tertiary/aromatic N) is 1. The second-order valence-electron chi connectivity index (χ2n) is 5.89. The molecule has 1 unspecified atom stereocenters. The lowest BCUT2D eigenvalue weighted by molar-refractivity contribution is -0.0749. The topological polar surface area (TPSA) is 38.5 Å². The van der Waals surface area contributed by atoms with Crippen LogP contribution in [-0.4, -0.2) is 31.3 Å². The zero-order chi connectivity index (χ0) is 14.0. The molecule has 1 aliphatic heterocycles. The van der Waals surface area contributed by atoms with E-state index >= 15 is 0 Å². The Morgan fingerprint density at radius 3 is 2.79 bits per heavy atom. The molecule has 1 fully saturated rings. The number of benzene rings is 1. The van der Waals surface area contributed by atoms with Crippen molar-refractivity contribution in [3.05, 3.63) is 28.8 Å². The molecule has 1 aromatic rings. The van der Waals surface area contributed by atoms with Gasteiger partial charge in [-0.15, -0.1) is 0 Å². The molecule has 4 heteroatoms. The molecule has 1 atom stereocenters. The number of anilines is 1. The third-order valence-corrected chi connectivity index (χ3v) is 3.66. The number of nitrogens with two attached hydrogens (primary N) is 1. The van der Waals surface area contributed by atoms with Gasteiger partial charge in [0.15, 0.2) is 0 Å². The Morgan fingerprint density at radius 2 is 2.21 bits per heavy atom. The third kappa shape index (κ3) is 3.62. The lowest BCUT2D eigenvalue weighted by Gasteiger charge is -2.43. The highest BCUT2D eigenvalue weighted by atomic mass is 35.5. The van der Waals surface area contributed by atoms with Gasteiger partial charge in [0.1, 0.15) is 0 Å². The van der Waals surface area contributed by atoms with Gasteiger partial charge in [-0.3, -0.25) is 0 Å². The van der Waals surface area contributed by atoms with E-state index in [1.54, 1.807) is 0 Å². The molecule has 1 saturated heterocycles. The summed E-state index contributed by atoms with van der Waals surface area (Å²) in [7, 11) is 0. The molecule has 106 valence electrons. The zero-order valence-corrected chi connectivity index (χ0v) is 12.7. The number of hydrogen-bond acceptors (Lipinski definition) is 3. The van der Waals surface area contributed by atoms with E-state index in [0.717, 1.165) is 30.2 Å². The highest BCUT2D eigenvalue weighted by Crippen LogP contribution is 2.32. The predicted molar refractivity (Wildman–Crippen MR) is 81.0 cm³/mol. The Labute approximate surface area is 120 Å². The van der Waals surface area contributed by atoms with E-state index in [-0.39, 0.29) is 11.7 Å². The highest BCUT2D eigenvalue weighted by molar-refractivity contribution is 6.33. The van der Waals surface area contributed by atoms with Crippen LogP contribution >= 0.6 is 11.6 Å². The van der Waals surface area contributed by atoms with Crippen LogP contribution < -0.4 is 10.6 Å². The summed E-state index contributed by atoms with van der Waals surface area (Å²) in [4.78, 5) is 2.31. The summed E-state index contributed by atoms with van der Waals surface area (Å²) in [5, 5.41) is 0.802. The van der Waals surface area contributed by atoms with Crippen molar-refractivity contribution in [3.8, 4) is 0 Å². The van der Waals surface area contributed by atoms with Gasteiger partial charge in [0.25, 0.3) is 0 Å². The molecule has 0 bridgehead atoms. The van der Waals surface area contributed by atoms with E-state index in [9.17, 15) is 0 Å². The number of hydrogen-bond donors (Lipinski definition) is 1. The van der Waals surface area contributed by atoms with Crippen LogP contribution in [0.2, 0.25) is 5.02 Å². The van der Waals surface area contributed by atoms with E-state index in [2.05, 4.69) is 37.8 Å². The van der Waals surface area contributed by atoms with Crippen LogP contribution in [0.1, 0.15) is 26.3 Å². The van der Waals surface area contributed by atoms with E-state index in [0.29, 0.717) is 6.54 Å². The summed E-state index contributed by atoms with van der Waals surface area (Å²) in [5.74, 6) is 0. The van der Waals surface area contributed by atoms with Crippen molar-refractivity contribution in [1.82, 2.24) is 0 Å². The van der Waals surface area contributed by atoms with E-state index in [4.69, 9.17) is 22.1 Å². The summed E-state index contributed by atoms with van der Waals surface area (Å²) in [6.07, 6.45) is 1.08. The molecule has 0 amide bonds. The van der Waals surface area contributed by atoms with Gasteiger partial charge >= 0.3 is 0 Å². The Bertz CT molecular complexity index is 448. The second kappa shape index (κ2) is 5.70. The maximum absolute atomic E-state index is 6.42. The quantitative estimate of drug-likeness (QED) is 0.926. The van der Waals surface area contributed by atoms with Crippen molar-refractivity contribution < 1.29 is 4.74 Å². The van der Waals surface area contributed by atoms with Crippen molar-refractivity contribution >= 4 is 17.3 Å². The van der Waals surface area contributed by atoms with E-state index in [1.807, 2.05) is 6.07 Å². The average Bonchev–Trinajstić information content (AvgIpc) is 2.26. The minimum Gasteiger partial charge on any atom is -0.369 e. The van der Waals surface area contributed by atoms with Gasteiger partial charge in [-0.1, -0.05) is 17.7 Å². The molecule has 3 nitrogen and oxygen atoms in total. The first-order valence-corrected chi connectivity index (χ1v) is 7.20. The number of rotatable bonds is 3. The fourth-order valence-electron chi connectivity index (χ4n) is 2.77. The molecular weight excluding hydrogens is 260 g/mol. The van der Waals surface area contributed by atoms with Crippen LogP contribution in [0.3, 0.4) is 0 Å². The molecule has 2 rings (SSSR count). The van der Waals surface area contributed by atoms with Gasteiger partial charge in [0.05, 0.1) is 22.4 Å². The molecule has 1 aliphatic rings. The first kappa shape index (κ1) is 14.6. The second-order valence-corrected chi connectivity index (χ2v) is 6.30. The van der Waals surface area contributed by atoms with Gasteiger partial charge in [0, 0.05) is 13.1 Å². The van der Waals surface area contributed by atoms with Crippen molar-refractivity contribution in [2.45, 2.75) is 38.9 Å². The van der Waals surface area contributed by atoms with E-state index < -0.39 is 0 Å². The standard InChI is InChI=1S/C15H23ClN2O/c1-11-9-18(10-15(2,3)19-11)14-5-4-12(6-7-17)8-13(14)16/h4-5,8,11H,6-7,9-10,17H2,1-3H3. The Kier molecular flexibility index (Phi) is 4.39. The van der Waals surface area contributed by atoms with Crippen molar-refractivity contribution in [3.63, 3.8) is 0 Å². The average molecular weight is 283 g/mol. The van der Waals surface area contributed by atoms with Crippen molar-refractivity contribution in [2.75, 3.05) is 24.5 Å². The smallest absolute Gasteiger partial charge is 0.0805 e. The van der Waals surface area contributed by atoms with Crippen LogP contribution in [0.25, 0.3) is 0 Å². The first-order chi connectivity index (χ1) is 8.91. The fraction of sp³-hybridized carbons (Fsp3) is 0.600. The van der Waals surface area contributed by atoms with Crippen LogP contribution in [0.4, 0.5) is 5.69 Å². The molecule has 19 heavy (non-hydrogen) atoms. The Morgan fingerprint density at radius 1 is 1.47 bits per heavy atom. The Balaban J connectivity index is 2.21. The largest absolute Gasteiger partial charge is 0.369 e. The molecule has 0 aliphatic carbocycles. The summed E-state index contributed by atoms with van der Waals surface area (Å²) < 4.78 is 5.93. The lowest BCUT2D eigenvalue weighted by Crippen LogP contribution is -2.52. The van der Waals surface area contributed by atoms with Crippen LogP contribution in [0.5, 0.6) is 0 Å². The maximum atomic E-state index is 6.42. The van der Waals surface area contributed by atoms with Gasteiger partial charge in [-0.25, -0.2) is 0 Å². The lowest BCUT2D eigenvalue weighted by atomic mass is 10.0. The zero-order valence-electron chi connectivity index (χ0n) is 11.9. The minimum atomic E-state index is -0.142. The number of morpholine rings is 1. The molecule has 0 radical (unpaired) electrons. The molecule has 0 spiro atoms. The molecule has 0 aromatic heterocycles. The van der Waals surface area contributed by atoms with Gasteiger partial charge in [0.2, 0.25) is 0 Å². The van der Waals surface area contributed by atoms with Gasteiger partial charge < -0.3 is 15.4 Å². The molecular formula is C15H23ClN2O. The van der Waals surface area contributed by atoms with Crippen LogP contribution in [0, 0.1) is 0 Å². The van der Waals surface area contributed by atoms with Gasteiger partial charge in [-0.2, -0.15) is 0 Å². The molecule has 1 heterocycles. The summed E-state index contributed by atoms with van der Waals surface area (Å²) in [6, 6.07) is 6.24. The van der Waals surface area contributed by atoms with Crippen LogP contribution in [0.15, 0.2) is 18.2 Å². The normalized spacial score (nSPS) is 22.6. The van der Waals surface area contributed by atoms with Gasteiger partial charge in [-0.05, 0) is 51.4 Å². The predicted octanol–water partition coefficient (Wildman–Crippen LogP) is 2.84. The number of halogens is 1. The molecule has 0 saturated carbocycles. The summed E-state index contributed by atoms with van der Waals surface area (Å²) in [6.45, 7) is 8.72. The van der Waals surface area contributed by atoms with E-state index in [1.165, 1.54) is 5.56 Å². The maximum Gasteiger partial charge on any atom is 0.0805 e.